The third kappa shape index (κ3) is 15.6. The summed E-state index contributed by atoms with van der Waals surface area (Å²) in [6.45, 7) is 24.8. The van der Waals surface area contributed by atoms with Gasteiger partial charge in [0.05, 0.1) is 31.3 Å². The maximum Gasteiger partial charge on any atom is 0.236 e. The van der Waals surface area contributed by atoms with Crippen LogP contribution in [-0.4, -0.2) is 53.3 Å². The van der Waals surface area contributed by atoms with E-state index in [2.05, 4.69) is 130 Å². The molecule has 0 bridgehead atoms. The van der Waals surface area contributed by atoms with E-state index < -0.39 is 0 Å². The molecule has 0 saturated heterocycles. The molecule has 9 aromatic rings. The number of halogens is 1. The summed E-state index contributed by atoms with van der Waals surface area (Å²) in [6.07, 6.45) is 1.99. The molecule has 4 heterocycles. The Morgan fingerprint density at radius 3 is 1.52 bits per heavy atom. The van der Waals surface area contributed by atoms with Crippen LogP contribution < -0.4 is 9.47 Å². The first-order chi connectivity index (χ1) is 33.1. The first-order valence-corrected chi connectivity index (χ1v) is 23.1. The summed E-state index contributed by atoms with van der Waals surface area (Å²) in [5.74, 6) is 1.19. The number of aromatic nitrogens is 8. The van der Waals surface area contributed by atoms with Crippen molar-refractivity contribution in [2.24, 2.45) is 0 Å². The van der Waals surface area contributed by atoms with Crippen LogP contribution >= 0.6 is 0 Å². The molecule has 5 aromatic carbocycles. The Kier molecular flexibility index (Phi) is 26.4. The molecule has 10 nitrogen and oxygen atoms in total. The van der Waals surface area contributed by atoms with Crippen molar-refractivity contribution in [1.29, 1.82) is 0 Å². The molecule has 0 aliphatic heterocycles. The molecular formula is C58H63FN8O2Pt4-4. The van der Waals surface area contributed by atoms with Crippen molar-refractivity contribution in [3.8, 4) is 45.5 Å². The zero-order valence-corrected chi connectivity index (χ0v) is 52.9. The summed E-state index contributed by atoms with van der Waals surface area (Å²) in [6, 6.07) is 45.1. The molecule has 15 heteroatoms. The fraction of sp³-hybridized carbons (Fsp3) is 0.276. The van der Waals surface area contributed by atoms with Crippen molar-refractivity contribution in [2.45, 2.75) is 95.9 Å². The van der Waals surface area contributed by atoms with E-state index in [-0.39, 0.29) is 90.1 Å². The van der Waals surface area contributed by atoms with Crippen LogP contribution in [0.25, 0.3) is 33.9 Å². The minimum absolute atomic E-state index is 0. The van der Waals surface area contributed by atoms with Crippen LogP contribution in [0.3, 0.4) is 0 Å². The van der Waals surface area contributed by atoms with Gasteiger partial charge in [-0.1, -0.05) is 51.1 Å². The van der Waals surface area contributed by atoms with E-state index in [1.807, 2.05) is 97.2 Å². The minimum Gasteiger partial charge on any atom is -0.554 e. The van der Waals surface area contributed by atoms with E-state index in [0.717, 1.165) is 86.5 Å². The van der Waals surface area contributed by atoms with Crippen molar-refractivity contribution in [1.82, 2.24) is 39.1 Å². The Labute approximate surface area is 489 Å². The summed E-state index contributed by atoms with van der Waals surface area (Å²) in [5, 5.41) is 18.0. The molecule has 0 spiro atoms. The van der Waals surface area contributed by atoms with Gasteiger partial charge in [0.15, 0.2) is 0 Å². The van der Waals surface area contributed by atoms with Crippen molar-refractivity contribution < 1.29 is 98.1 Å². The molecule has 0 fully saturated rings. The van der Waals surface area contributed by atoms with E-state index in [0.29, 0.717) is 5.88 Å². The molecule has 0 amide bonds. The standard InChI is InChI=1S/C18H17N2O.C14H17N2O.C14H17N2.C12H12FN2.4Pt/c1-13-14(2)20(19-18(13)21-3)17-11-7-10-16(12-17)15-8-5-4-6-9-15;1-5-14-10(2)11(3)16(15-14)12-6-8-13(17-4)9-7-12;1-5-14-11(3)15-16(12(14)4)13-8-6-7-10(2)9-13;1-8-9(2)14-15(10(8)3)12-6-4-11(13)5-7-12;;;;/h4-10,12H,1-3H3;6,8-9H,5H2,1-4H3;6-7,9H,5H2,1-4H3;4-6H,1-3H3;;;;/q4*-1;;;;. The third-order valence-corrected chi connectivity index (χ3v) is 12.4. The number of hydrogen-bond donors (Lipinski definition) is 0. The van der Waals surface area contributed by atoms with Gasteiger partial charge in [-0.3, -0.25) is 23.1 Å². The second kappa shape index (κ2) is 29.9. The fourth-order valence-corrected chi connectivity index (χ4v) is 7.83. The van der Waals surface area contributed by atoms with Crippen LogP contribution in [0.2, 0.25) is 0 Å². The summed E-state index contributed by atoms with van der Waals surface area (Å²) >= 11 is 0. The van der Waals surface area contributed by atoms with Crippen LogP contribution in [0.4, 0.5) is 4.39 Å². The number of rotatable bonds is 9. The number of ether oxygens (including phenoxy) is 2. The van der Waals surface area contributed by atoms with Gasteiger partial charge in [0.2, 0.25) is 5.88 Å². The van der Waals surface area contributed by atoms with Gasteiger partial charge in [-0.2, -0.15) is 69.4 Å². The molecular weight excluding hydrogens is 1640 g/mol. The Morgan fingerprint density at radius 1 is 0.479 bits per heavy atom. The first kappa shape index (κ1) is 64.3. The number of nitrogens with zero attached hydrogens (tertiary/aromatic N) is 8. The maximum atomic E-state index is 12.7. The van der Waals surface area contributed by atoms with Gasteiger partial charge >= 0.3 is 0 Å². The summed E-state index contributed by atoms with van der Waals surface area (Å²) < 4.78 is 30.7. The largest absolute Gasteiger partial charge is 0.554 e. The predicted octanol–water partition coefficient (Wildman–Crippen LogP) is 12.7. The molecule has 73 heavy (non-hydrogen) atoms. The molecule has 0 atom stereocenters. The van der Waals surface area contributed by atoms with Crippen LogP contribution in [0, 0.1) is 99.3 Å². The summed E-state index contributed by atoms with van der Waals surface area (Å²) in [5.41, 5.74) is 19.8. The second-order valence-corrected chi connectivity index (χ2v) is 16.8. The van der Waals surface area contributed by atoms with Gasteiger partial charge in [-0.25, -0.2) is 0 Å². The van der Waals surface area contributed by atoms with Gasteiger partial charge in [0, 0.05) is 124 Å². The number of benzene rings is 5. The minimum atomic E-state index is -0.281. The Balaban J connectivity index is 0.000000330. The zero-order chi connectivity index (χ0) is 49.9. The van der Waals surface area contributed by atoms with Crippen molar-refractivity contribution >= 4 is 0 Å². The Morgan fingerprint density at radius 2 is 1.03 bits per heavy atom. The number of aryl methyl sites for hydroxylation is 4. The third-order valence-electron chi connectivity index (χ3n) is 12.4. The van der Waals surface area contributed by atoms with Crippen molar-refractivity contribution in [2.75, 3.05) is 14.2 Å². The second-order valence-electron chi connectivity index (χ2n) is 16.8. The Bertz CT molecular complexity index is 3120. The molecule has 4 aromatic heterocycles. The van der Waals surface area contributed by atoms with Gasteiger partial charge in [0.1, 0.15) is 0 Å². The number of hydrogen-bond acceptors (Lipinski definition) is 6. The Hall–Kier alpha value is -4.78. The van der Waals surface area contributed by atoms with Crippen LogP contribution in [0.15, 0.2) is 103 Å². The normalized spacial score (nSPS) is 10.1. The van der Waals surface area contributed by atoms with E-state index >= 15 is 0 Å². The van der Waals surface area contributed by atoms with Crippen molar-refractivity contribution in [3.63, 3.8) is 0 Å². The molecule has 0 unspecified atom stereocenters. The van der Waals surface area contributed by atoms with Crippen molar-refractivity contribution in [3.05, 3.63) is 201 Å². The average molecular weight is 1700 g/mol. The zero-order valence-electron chi connectivity index (χ0n) is 43.8. The monoisotopic (exact) mass is 1700 g/mol. The molecule has 0 aliphatic carbocycles. The van der Waals surface area contributed by atoms with Crippen LogP contribution in [-0.2, 0) is 97.1 Å². The molecule has 0 radical (unpaired) electrons. The quantitative estimate of drug-likeness (QED) is 0.134. The molecule has 0 aliphatic rings. The van der Waals surface area contributed by atoms with E-state index in [9.17, 15) is 4.39 Å². The summed E-state index contributed by atoms with van der Waals surface area (Å²) in [7, 11) is 3.30. The molecule has 9 rings (SSSR count). The average Bonchev–Trinajstić information content (AvgIpc) is 4.03. The van der Waals surface area contributed by atoms with Gasteiger partial charge in [-0.05, 0) is 120 Å². The topological polar surface area (TPSA) is 89.7 Å². The predicted molar refractivity (Wildman–Crippen MR) is 274 cm³/mol. The van der Waals surface area contributed by atoms with E-state index in [1.165, 1.54) is 45.8 Å². The smallest absolute Gasteiger partial charge is 0.236 e. The fourth-order valence-electron chi connectivity index (χ4n) is 7.83. The van der Waals surface area contributed by atoms with Crippen LogP contribution in [0.1, 0.15) is 81.5 Å². The molecule has 398 valence electrons. The van der Waals surface area contributed by atoms with Gasteiger partial charge in [0.25, 0.3) is 0 Å². The maximum absolute atomic E-state index is 12.7. The van der Waals surface area contributed by atoms with E-state index in [1.54, 1.807) is 25.0 Å². The van der Waals surface area contributed by atoms with Crippen LogP contribution in [0.5, 0.6) is 11.6 Å². The number of methoxy groups -OCH3 is 2. The first-order valence-electron chi connectivity index (χ1n) is 23.1. The van der Waals surface area contributed by atoms with E-state index in [4.69, 9.17) is 9.47 Å². The van der Waals surface area contributed by atoms with Gasteiger partial charge in [-0.15, -0.1) is 59.2 Å². The summed E-state index contributed by atoms with van der Waals surface area (Å²) in [4.78, 5) is 0. The SMILES string of the molecule is CCc1c(C)nn(-c2[c-]ccc(C)c2)c1C.CCc1nn(-c2[c-]cc(OC)cc2)c(C)c1C.COc1nn(-c2[c-]ccc(-c3ccccc3)c2)c(C)c1C.Cc1nn(-c2[c-]cc(F)cc2)c(C)c1C.[Pt].[Pt].[Pt].[Pt]. The van der Waals surface area contributed by atoms with Gasteiger partial charge < -0.3 is 9.47 Å². The molecule has 0 N–H and O–H groups in total. The molecule has 0 saturated carbocycles.